The second kappa shape index (κ2) is 5.13. The first-order valence-electron chi connectivity index (χ1n) is 7.20. The Morgan fingerprint density at radius 2 is 1.78 bits per heavy atom. The second-order valence-electron chi connectivity index (χ2n) is 5.61. The highest BCUT2D eigenvalue weighted by Crippen LogP contribution is 2.27. The van der Waals surface area contributed by atoms with Crippen LogP contribution in [-0.2, 0) is 17.8 Å². The number of amides is 1. The van der Waals surface area contributed by atoms with E-state index in [1.807, 2.05) is 0 Å². The standard InChI is InChI=1S/C16H21NO/c18-16(14-7-2-1-3-8-14)17-11-10-13-6-4-5-9-15(13)12-17/h4-6,9,14H,1-3,7-8,10-12H2/i16-1. The molecule has 0 unspecified atom stereocenters. The summed E-state index contributed by atoms with van der Waals surface area (Å²) in [5.74, 6) is 0.716. The van der Waals surface area contributed by atoms with Gasteiger partial charge in [-0.15, -0.1) is 0 Å². The molecule has 1 aliphatic carbocycles. The van der Waals surface area contributed by atoms with Crippen molar-refractivity contribution in [2.45, 2.75) is 45.1 Å². The second-order valence-corrected chi connectivity index (χ2v) is 5.61. The molecule has 1 fully saturated rings. The lowest BCUT2D eigenvalue weighted by Crippen LogP contribution is -2.40. The van der Waals surface area contributed by atoms with Crippen LogP contribution in [-0.4, -0.2) is 17.4 Å². The number of carbonyl (C=O) groups is 1. The number of carbonyl (C=O) groups excluding carboxylic acids is 1. The first kappa shape index (κ1) is 11.8. The van der Waals surface area contributed by atoms with Crippen molar-refractivity contribution >= 4 is 5.91 Å². The van der Waals surface area contributed by atoms with Gasteiger partial charge in [0.2, 0.25) is 5.91 Å². The molecule has 2 heteroatoms. The predicted molar refractivity (Wildman–Crippen MR) is 72.1 cm³/mol. The maximum Gasteiger partial charge on any atom is 0.225 e. The van der Waals surface area contributed by atoms with Crippen LogP contribution in [0.1, 0.15) is 43.2 Å². The number of hydrogen-bond donors (Lipinski definition) is 0. The quantitative estimate of drug-likeness (QED) is 0.741. The van der Waals surface area contributed by atoms with E-state index in [1.165, 1.54) is 30.4 Å². The summed E-state index contributed by atoms with van der Waals surface area (Å²) in [4.78, 5) is 14.6. The van der Waals surface area contributed by atoms with E-state index >= 15 is 0 Å². The minimum absolute atomic E-state index is 0.309. The van der Waals surface area contributed by atoms with Gasteiger partial charge in [-0.3, -0.25) is 4.79 Å². The fourth-order valence-electron chi connectivity index (χ4n) is 3.29. The normalized spacial score (nSPS) is 20.6. The molecule has 0 saturated heterocycles. The minimum Gasteiger partial charge on any atom is -0.338 e. The molecule has 0 spiro atoms. The van der Waals surface area contributed by atoms with Gasteiger partial charge in [-0.2, -0.15) is 0 Å². The van der Waals surface area contributed by atoms with Crippen LogP contribution < -0.4 is 0 Å². The summed E-state index contributed by atoms with van der Waals surface area (Å²) in [5, 5.41) is 0. The molecule has 1 aliphatic heterocycles. The van der Waals surface area contributed by atoms with Gasteiger partial charge in [0.1, 0.15) is 0 Å². The molecule has 1 saturated carbocycles. The summed E-state index contributed by atoms with van der Waals surface area (Å²) in [6.45, 7) is 1.73. The van der Waals surface area contributed by atoms with Crippen molar-refractivity contribution < 1.29 is 4.79 Å². The number of benzene rings is 1. The Morgan fingerprint density at radius 3 is 2.56 bits per heavy atom. The first-order valence-corrected chi connectivity index (χ1v) is 7.20. The highest BCUT2D eigenvalue weighted by molar-refractivity contribution is 5.79. The molecule has 1 amide bonds. The molecule has 2 nitrogen and oxygen atoms in total. The lowest BCUT2D eigenvalue weighted by molar-refractivity contribution is -0.137. The van der Waals surface area contributed by atoms with Crippen molar-refractivity contribution in [1.82, 2.24) is 4.90 Å². The molecule has 96 valence electrons. The number of nitrogens with zero attached hydrogens (tertiary/aromatic N) is 1. The van der Waals surface area contributed by atoms with Gasteiger partial charge in [0, 0.05) is 19.0 Å². The average molecular weight is 242 g/mol. The Balaban J connectivity index is 1.69. The molecule has 18 heavy (non-hydrogen) atoms. The van der Waals surface area contributed by atoms with Gasteiger partial charge in [0.05, 0.1) is 0 Å². The van der Waals surface area contributed by atoms with Crippen LogP contribution in [0, 0.1) is 5.92 Å². The molecule has 3 rings (SSSR count). The van der Waals surface area contributed by atoms with Gasteiger partial charge in [0.15, 0.2) is 0 Å². The minimum atomic E-state index is 0.309. The molecule has 0 aromatic heterocycles. The molecule has 1 heterocycles. The predicted octanol–water partition coefficient (Wildman–Crippen LogP) is 3.15. The molecular weight excluding hydrogens is 221 g/mol. The van der Waals surface area contributed by atoms with Crippen molar-refractivity contribution in [3.8, 4) is 0 Å². The maximum atomic E-state index is 12.5. The monoisotopic (exact) mass is 242 g/mol. The Morgan fingerprint density at radius 1 is 1.06 bits per heavy atom. The summed E-state index contributed by atoms with van der Waals surface area (Å²) in [6, 6.07) is 8.53. The Kier molecular flexibility index (Phi) is 3.35. The summed E-state index contributed by atoms with van der Waals surface area (Å²) in [5.41, 5.74) is 2.76. The highest BCUT2D eigenvalue weighted by atomic mass is 16.1. The van der Waals surface area contributed by atoms with E-state index in [0.29, 0.717) is 11.8 Å². The molecular formula is C16H21NO. The number of hydrogen-bond acceptors (Lipinski definition) is 1. The summed E-state index contributed by atoms with van der Waals surface area (Å²) >= 11 is 0. The SMILES string of the molecule is O=[11C](C1CCCCC1)N1CCc2ccccc2C1. The zero-order chi connectivity index (χ0) is 12.4. The molecule has 0 N–H and O–H groups in total. The van der Waals surface area contributed by atoms with E-state index in [4.69, 9.17) is 0 Å². The Bertz CT molecular complexity index is 434. The van der Waals surface area contributed by atoms with Gasteiger partial charge in [-0.05, 0) is 30.4 Å². The largest absolute Gasteiger partial charge is 0.338 e. The summed E-state index contributed by atoms with van der Waals surface area (Å²) in [6.07, 6.45) is 7.02. The first-order chi connectivity index (χ1) is 8.84. The lowest BCUT2D eigenvalue weighted by atomic mass is 9.69. The van der Waals surface area contributed by atoms with Gasteiger partial charge in [-0.25, -0.2) is 0 Å². The molecule has 1 aromatic carbocycles. The van der Waals surface area contributed by atoms with Crippen LogP contribution in [0.3, 0.4) is 0 Å². The molecule has 2 aliphatic rings. The number of fused-ring (bicyclic) bond motifs is 1. The van der Waals surface area contributed by atoms with Crippen molar-refractivity contribution in [3.63, 3.8) is 0 Å². The van der Waals surface area contributed by atoms with Crippen molar-refractivity contribution in [3.05, 3.63) is 35.4 Å². The van der Waals surface area contributed by atoms with Crippen LogP contribution in [0.4, 0.5) is 0 Å². The summed E-state index contributed by atoms with van der Waals surface area (Å²) in [7, 11) is 0. The number of rotatable bonds is 1. The summed E-state index contributed by atoms with van der Waals surface area (Å²) < 4.78 is 0. The van der Waals surface area contributed by atoms with E-state index in [0.717, 1.165) is 32.4 Å². The van der Waals surface area contributed by atoms with Gasteiger partial charge < -0.3 is 4.90 Å². The van der Waals surface area contributed by atoms with E-state index < -0.39 is 0 Å². The van der Waals surface area contributed by atoms with Gasteiger partial charge in [-0.1, -0.05) is 43.5 Å². The lowest BCUT2D eigenvalue weighted by Gasteiger charge is -2.33. The smallest absolute Gasteiger partial charge is 0.225 e. The zero-order valence-electron chi connectivity index (χ0n) is 10.9. The maximum absolute atomic E-state index is 12.5. The fourth-order valence-corrected chi connectivity index (χ4v) is 3.29. The molecule has 1 aromatic rings. The van der Waals surface area contributed by atoms with Crippen molar-refractivity contribution in [1.29, 1.82) is 0 Å². The van der Waals surface area contributed by atoms with Crippen LogP contribution in [0.15, 0.2) is 24.3 Å². The highest BCUT2D eigenvalue weighted by Gasteiger charge is 2.27. The van der Waals surface area contributed by atoms with Crippen molar-refractivity contribution in [2.75, 3.05) is 6.54 Å². The third kappa shape index (κ3) is 2.29. The Labute approximate surface area is 109 Å². The van der Waals surface area contributed by atoms with Gasteiger partial charge >= 0.3 is 0 Å². The third-order valence-electron chi connectivity index (χ3n) is 4.40. The van der Waals surface area contributed by atoms with Crippen LogP contribution in [0.2, 0.25) is 0 Å². The van der Waals surface area contributed by atoms with Crippen LogP contribution in [0.25, 0.3) is 0 Å². The van der Waals surface area contributed by atoms with Crippen molar-refractivity contribution in [2.24, 2.45) is 5.92 Å². The molecule has 0 atom stereocenters. The van der Waals surface area contributed by atoms with Gasteiger partial charge in [0.25, 0.3) is 0 Å². The topological polar surface area (TPSA) is 20.3 Å². The van der Waals surface area contributed by atoms with E-state index in [2.05, 4.69) is 29.2 Å². The van der Waals surface area contributed by atoms with Crippen LogP contribution in [0.5, 0.6) is 0 Å². The average Bonchev–Trinajstić information content (AvgIpc) is 2.47. The van der Waals surface area contributed by atoms with E-state index in [1.54, 1.807) is 0 Å². The Hall–Kier alpha value is -1.31. The van der Waals surface area contributed by atoms with E-state index in [-0.39, 0.29) is 0 Å². The fraction of sp³-hybridized carbons (Fsp3) is 0.562. The van der Waals surface area contributed by atoms with Crippen LogP contribution >= 0.6 is 0 Å². The molecule has 0 bridgehead atoms. The zero-order valence-corrected chi connectivity index (χ0v) is 10.9. The third-order valence-corrected chi connectivity index (χ3v) is 4.40. The van der Waals surface area contributed by atoms with E-state index in [9.17, 15) is 4.79 Å². The molecule has 0 radical (unpaired) electrons.